The van der Waals surface area contributed by atoms with E-state index >= 15 is 0 Å². The quantitative estimate of drug-likeness (QED) is 0.338. The maximum Gasteiger partial charge on any atom is 0.135 e. The van der Waals surface area contributed by atoms with E-state index in [4.69, 9.17) is 0 Å². The summed E-state index contributed by atoms with van der Waals surface area (Å²) in [5.74, 6) is 2.70. The third-order valence-electron chi connectivity index (χ3n) is 2.33. The van der Waals surface area contributed by atoms with Crippen LogP contribution in [0.15, 0.2) is 0 Å². The summed E-state index contributed by atoms with van der Waals surface area (Å²) >= 11 is 0. The normalized spacial score (nSPS) is 6.71. The van der Waals surface area contributed by atoms with Crippen LogP contribution in [0.4, 0.5) is 0 Å². The Balaban J connectivity index is -0.0000000105. The van der Waals surface area contributed by atoms with Crippen molar-refractivity contribution in [1.82, 2.24) is 0 Å². The van der Waals surface area contributed by atoms with Gasteiger partial charge in [-0.25, -0.2) is 0 Å². The molecule has 0 unspecified atom stereocenters. The van der Waals surface area contributed by atoms with Gasteiger partial charge in [0.15, 0.2) is 0 Å². The van der Waals surface area contributed by atoms with Gasteiger partial charge in [0.05, 0.1) is 0 Å². The van der Waals surface area contributed by atoms with Crippen LogP contribution in [0.1, 0.15) is 68.2 Å². The van der Waals surface area contributed by atoms with Crippen molar-refractivity contribution in [2.45, 2.75) is 68.2 Å². The predicted molar refractivity (Wildman–Crippen MR) is 77.9 cm³/mol. The monoisotopic (exact) mass is 1220 g/mol. The summed E-state index contributed by atoms with van der Waals surface area (Å²) in [6.07, 6.45) is 4.36. The number of carbonyl (C=O) groups excluding carboxylic acids is 1. The molecule has 0 aromatic heterocycles. The number of hydrogen-bond acceptors (Lipinski definition) is 1. The van der Waals surface area contributed by atoms with Crippen molar-refractivity contribution in [3.8, 4) is 0 Å². The third kappa shape index (κ3) is 83.2. The van der Waals surface area contributed by atoms with Crippen LogP contribution in [0.3, 0.4) is 0 Å². The molecular formula is C16H33OY11-. The molecule has 12 heteroatoms. The molecule has 0 atom stereocenters. The molecule has 0 fully saturated rings. The molecule has 0 N–H and O–H groups in total. The second-order valence-electron chi connectivity index (χ2n) is 6.33. The van der Waals surface area contributed by atoms with E-state index < -0.39 is 0 Å². The summed E-state index contributed by atoms with van der Waals surface area (Å²) in [5, 5.41) is 0. The van der Waals surface area contributed by atoms with Gasteiger partial charge in [-0.3, -0.25) is 4.79 Å². The van der Waals surface area contributed by atoms with Gasteiger partial charge in [0.2, 0.25) is 0 Å². The zero-order valence-corrected chi connectivity index (χ0v) is 50.8. The average molecular weight is 1220 g/mol. The second kappa shape index (κ2) is 62.4. The molecule has 0 aliphatic rings. The van der Waals surface area contributed by atoms with E-state index in [1.54, 1.807) is 0 Å². The van der Waals surface area contributed by atoms with Crippen molar-refractivity contribution in [3.05, 3.63) is 6.42 Å². The van der Waals surface area contributed by atoms with E-state index in [1.165, 1.54) is 6.42 Å². The fourth-order valence-electron chi connectivity index (χ4n) is 1.18. The van der Waals surface area contributed by atoms with Crippen LogP contribution in [0.5, 0.6) is 0 Å². The Kier molecular flexibility index (Phi) is 186. The second-order valence-corrected chi connectivity index (χ2v) is 6.33. The Labute approximate surface area is 455 Å². The number of hydrogen-bond donors (Lipinski definition) is 0. The molecule has 0 aromatic rings. The zero-order valence-electron chi connectivity index (χ0n) is 19.6. The maximum absolute atomic E-state index is 11.0. The SMILES string of the molecule is CC(C)CC(=O)C(C)C.CC(C)[CH-]CC(C)C.[Y].[Y].[Y].[Y].[Y].[Y].[Y].[Y].[Y].[Y].[Y]. The fraction of sp³-hybridized carbons (Fsp3) is 0.875. The molecule has 0 spiro atoms. The van der Waals surface area contributed by atoms with Gasteiger partial charge >= 0.3 is 0 Å². The Morgan fingerprint density at radius 1 is 0.571 bits per heavy atom. The van der Waals surface area contributed by atoms with E-state index in [-0.39, 0.29) is 366 Å². The Hall–Kier alpha value is 11.8. The topological polar surface area (TPSA) is 17.1 Å². The molecular weight excluding hydrogens is 1190 g/mol. The summed E-state index contributed by atoms with van der Waals surface area (Å²) in [6, 6.07) is 0. The Morgan fingerprint density at radius 3 is 0.929 bits per heavy atom. The number of ketones is 1. The fourth-order valence-corrected chi connectivity index (χ4v) is 1.18. The van der Waals surface area contributed by atoms with Crippen molar-refractivity contribution in [2.75, 3.05) is 0 Å². The molecule has 0 amide bonds. The van der Waals surface area contributed by atoms with E-state index in [1.807, 2.05) is 13.8 Å². The van der Waals surface area contributed by atoms with Gasteiger partial charge in [-0.1, -0.05) is 61.3 Å². The van der Waals surface area contributed by atoms with Gasteiger partial charge in [0.1, 0.15) is 5.78 Å². The van der Waals surface area contributed by atoms with Crippen LogP contribution in [0, 0.1) is 30.1 Å². The minimum Gasteiger partial charge on any atom is -0.326 e. The minimum atomic E-state index is 0. The summed E-state index contributed by atoms with van der Waals surface area (Å²) in [6.45, 7) is 17.0. The maximum atomic E-state index is 11.0. The molecule has 0 saturated heterocycles. The standard InChI is InChI=1S/C8H16O.C8H17.11Y/c1-6(2)5-8(9)7(3)4;1-7(2)5-6-8(3)4;;;;;;;;;;;/h6-7H,5H2,1-4H3;5,7-8H,6H2,1-4H3;;;;;;;;;;;/q;-1;;;;;;;;;;;. The van der Waals surface area contributed by atoms with Crippen molar-refractivity contribution < 1.29 is 365 Å². The third-order valence-corrected chi connectivity index (χ3v) is 2.33. The molecule has 0 rings (SSSR count). The Bertz CT molecular complexity index is 197. The molecule has 28 heavy (non-hydrogen) atoms. The summed E-state index contributed by atoms with van der Waals surface area (Å²) < 4.78 is 0. The van der Waals surface area contributed by atoms with Crippen molar-refractivity contribution in [1.29, 1.82) is 0 Å². The van der Waals surface area contributed by atoms with Crippen molar-refractivity contribution in [2.24, 2.45) is 23.7 Å². The van der Waals surface area contributed by atoms with Gasteiger partial charge in [-0.05, 0) is 5.92 Å². The Morgan fingerprint density at radius 2 is 0.857 bits per heavy atom. The van der Waals surface area contributed by atoms with Gasteiger partial charge < -0.3 is 6.42 Å². The van der Waals surface area contributed by atoms with Crippen LogP contribution in [-0.4, -0.2) is 5.78 Å². The van der Waals surface area contributed by atoms with E-state index in [9.17, 15) is 4.79 Å². The largest absolute Gasteiger partial charge is 0.326 e. The number of Topliss-reactive ketones (excluding diaryl/α,β-unsaturated/α-hetero) is 1. The van der Waals surface area contributed by atoms with Crippen LogP contribution in [0.25, 0.3) is 0 Å². The summed E-state index contributed by atoms with van der Waals surface area (Å²) in [4.78, 5) is 11.0. The first-order chi connectivity index (χ1) is 7.66. The molecule has 0 aromatic carbocycles. The zero-order chi connectivity index (χ0) is 14.0. The predicted octanol–water partition coefficient (Wildman–Crippen LogP) is 5.12. The smallest absolute Gasteiger partial charge is 0.135 e. The molecule has 11 radical (unpaired) electrons. The first-order valence-electron chi connectivity index (χ1n) is 7.02. The van der Waals surface area contributed by atoms with Crippen LogP contribution >= 0.6 is 0 Å². The molecule has 0 aliphatic carbocycles. The minimum absolute atomic E-state index is 0. The van der Waals surface area contributed by atoms with Gasteiger partial charge in [-0.15, -0.1) is 0 Å². The molecule has 0 bridgehead atoms. The average Bonchev–Trinajstić information content (AvgIpc) is 2.14. The molecule has 0 aliphatic heterocycles. The van der Waals surface area contributed by atoms with Crippen LogP contribution in [0.2, 0.25) is 0 Å². The summed E-state index contributed by atoms with van der Waals surface area (Å²) in [7, 11) is 0. The van der Waals surface area contributed by atoms with Crippen molar-refractivity contribution >= 4 is 5.78 Å². The first-order valence-corrected chi connectivity index (χ1v) is 7.02. The van der Waals surface area contributed by atoms with Gasteiger partial charge in [-0.2, -0.15) is 12.3 Å². The molecule has 1 nitrogen and oxygen atoms in total. The summed E-state index contributed by atoms with van der Waals surface area (Å²) in [5.41, 5.74) is 0. The van der Waals surface area contributed by atoms with Crippen LogP contribution in [-0.2, 0) is 365 Å². The molecule has 0 saturated carbocycles. The molecule has 0 heterocycles. The van der Waals surface area contributed by atoms with E-state index in [0.717, 1.165) is 18.3 Å². The first kappa shape index (κ1) is 83.4. The van der Waals surface area contributed by atoms with Crippen molar-refractivity contribution in [3.63, 3.8) is 0 Å². The van der Waals surface area contributed by atoms with E-state index in [2.05, 4.69) is 48.0 Å². The van der Waals surface area contributed by atoms with Gasteiger partial charge in [0, 0.05) is 372 Å². The van der Waals surface area contributed by atoms with Crippen LogP contribution < -0.4 is 0 Å². The van der Waals surface area contributed by atoms with E-state index in [0.29, 0.717) is 11.7 Å². The number of carbonyl (C=O) groups is 1. The molecule has 137 valence electrons. The number of rotatable bonds is 6. The van der Waals surface area contributed by atoms with Gasteiger partial charge in [0.25, 0.3) is 0 Å².